The fourth-order valence-corrected chi connectivity index (χ4v) is 5.98. The summed E-state index contributed by atoms with van der Waals surface area (Å²) >= 11 is 3.74. The number of likely N-dealkylation sites (tertiary alicyclic amines) is 1. The Labute approximate surface area is 172 Å². The topological polar surface area (TPSA) is 6.48 Å². The predicted octanol–water partition coefficient (Wildman–Crippen LogP) is 6.66. The van der Waals surface area contributed by atoms with Gasteiger partial charge in [-0.2, -0.15) is 0 Å². The molecule has 0 saturated carbocycles. The van der Waals surface area contributed by atoms with E-state index in [-0.39, 0.29) is 0 Å². The molecule has 2 aromatic carbocycles. The molecule has 4 rings (SSSR count). The van der Waals surface area contributed by atoms with Gasteiger partial charge in [-0.1, -0.05) is 30.3 Å². The molecule has 27 heavy (non-hydrogen) atoms. The van der Waals surface area contributed by atoms with Gasteiger partial charge in [0.05, 0.1) is 11.4 Å². The molecule has 2 heterocycles. The molecule has 4 heteroatoms. The second-order valence-corrected chi connectivity index (χ2v) is 9.79. The van der Waals surface area contributed by atoms with Crippen LogP contribution in [0.4, 0.5) is 11.4 Å². The number of nitrogens with zero attached hydrogens (tertiary/aromatic N) is 2. The van der Waals surface area contributed by atoms with Crippen molar-refractivity contribution in [3.63, 3.8) is 0 Å². The largest absolute Gasteiger partial charge is 0.340 e. The van der Waals surface area contributed by atoms with E-state index in [0.29, 0.717) is 12.1 Å². The molecule has 0 radical (unpaired) electrons. The molecule has 1 saturated heterocycles. The number of piperidine rings is 1. The zero-order valence-electron chi connectivity index (χ0n) is 16.6. The minimum Gasteiger partial charge on any atom is -0.340 e. The van der Waals surface area contributed by atoms with Gasteiger partial charge in [-0.15, -0.1) is 11.8 Å². The van der Waals surface area contributed by atoms with Gasteiger partial charge in [0.1, 0.15) is 0 Å². The van der Waals surface area contributed by atoms with E-state index in [1.165, 1.54) is 58.3 Å². The van der Waals surface area contributed by atoms with E-state index < -0.39 is 0 Å². The Kier molecular flexibility index (Phi) is 6.05. The first-order valence-corrected chi connectivity index (χ1v) is 12.2. The Morgan fingerprint density at radius 3 is 2.70 bits per heavy atom. The Balaban J connectivity index is 1.61. The Morgan fingerprint density at radius 1 is 1.07 bits per heavy atom. The van der Waals surface area contributed by atoms with Crippen LogP contribution >= 0.6 is 23.5 Å². The second kappa shape index (κ2) is 8.50. The molecule has 0 aliphatic carbocycles. The molecule has 0 aromatic heterocycles. The number of fused-ring (bicyclic) bond motifs is 2. The van der Waals surface area contributed by atoms with E-state index >= 15 is 0 Å². The highest BCUT2D eigenvalue weighted by Crippen LogP contribution is 2.49. The van der Waals surface area contributed by atoms with Crippen LogP contribution in [0.15, 0.2) is 57.2 Å². The van der Waals surface area contributed by atoms with E-state index in [4.69, 9.17) is 0 Å². The van der Waals surface area contributed by atoms with Gasteiger partial charge >= 0.3 is 0 Å². The summed E-state index contributed by atoms with van der Waals surface area (Å²) in [5.41, 5.74) is 2.76. The summed E-state index contributed by atoms with van der Waals surface area (Å²) in [4.78, 5) is 9.42. The fourth-order valence-electron chi connectivity index (χ4n) is 4.47. The standard InChI is InChI=1S/C23H30N2S2/c1-17(2)24-14-7-6-8-18(24)13-15-25-20-9-4-5-10-22(20)27-23-12-11-19(26-3)16-21(23)25/h4-5,9-12,16-18H,6-8,13-15H2,1-3H3. The van der Waals surface area contributed by atoms with Crippen LogP contribution in [0.25, 0.3) is 0 Å². The lowest BCUT2D eigenvalue weighted by molar-refractivity contribution is 0.107. The van der Waals surface area contributed by atoms with Crippen molar-refractivity contribution in [2.75, 3.05) is 24.2 Å². The van der Waals surface area contributed by atoms with Gasteiger partial charge in [0.15, 0.2) is 0 Å². The summed E-state index contributed by atoms with van der Waals surface area (Å²) < 4.78 is 0. The van der Waals surface area contributed by atoms with Gasteiger partial charge < -0.3 is 4.90 Å². The zero-order chi connectivity index (χ0) is 18.8. The van der Waals surface area contributed by atoms with Crippen molar-refractivity contribution in [1.82, 2.24) is 4.90 Å². The summed E-state index contributed by atoms with van der Waals surface area (Å²) in [6.45, 7) is 7.06. The van der Waals surface area contributed by atoms with Crippen LogP contribution in [0.1, 0.15) is 39.5 Å². The van der Waals surface area contributed by atoms with Gasteiger partial charge in [-0.05, 0) is 76.2 Å². The van der Waals surface area contributed by atoms with E-state index in [9.17, 15) is 0 Å². The van der Waals surface area contributed by atoms with Gasteiger partial charge in [0.25, 0.3) is 0 Å². The van der Waals surface area contributed by atoms with Crippen LogP contribution in [0.3, 0.4) is 0 Å². The number of anilines is 2. The first-order valence-electron chi connectivity index (χ1n) is 10.2. The van der Waals surface area contributed by atoms with Crippen LogP contribution in [0.2, 0.25) is 0 Å². The summed E-state index contributed by atoms with van der Waals surface area (Å²) in [6, 6.07) is 17.2. The highest BCUT2D eigenvalue weighted by molar-refractivity contribution is 8.00. The van der Waals surface area contributed by atoms with Gasteiger partial charge in [-0.25, -0.2) is 0 Å². The molecule has 2 aliphatic heterocycles. The first kappa shape index (κ1) is 19.2. The highest BCUT2D eigenvalue weighted by atomic mass is 32.2. The van der Waals surface area contributed by atoms with Crippen molar-refractivity contribution in [2.24, 2.45) is 0 Å². The zero-order valence-corrected chi connectivity index (χ0v) is 18.3. The van der Waals surface area contributed by atoms with Crippen LogP contribution < -0.4 is 4.90 Å². The molecule has 2 aliphatic rings. The van der Waals surface area contributed by atoms with Crippen LogP contribution in [-0.2, 0) is 0 Å². The Morgan fingerprint density at radius 2 is 1.89 bits per heavy atom. The molecule has 1 fully saturated rings. The van der Waals surface area contributed by atoms with Crippen molar-refractivity contribution in [3.05, 3.63) is 42.5 Å². The molecule has 2 aromatic rings. The van der Waals surface area contributed by atoms with Crippen molar-refractivity contribution in [3.8, 4) is 0 Å². The van der Waals surface area contributed by atoms with E-state index in [1.54, 1.807) is 0 Å². The summed E-state index contributed by atoms with van der Waals surface area (Å²) in [5, 5.41) is 0. The lowest BCUT2D eigenvalue weighted by atomic mass is 9.97. The lowest BCUT2D eigenvalue weighted by Gasteiger charge is -2.40. The average Bonchev–Trinajstić information content (AvgIpc) is 2.71. The molecule has 0 spiro atoms. The minimum absolute atomic E-state index is 0.648. The van der Waals surface area contributed by atoms with Crippen LogP contribution in [0.5, 0.6) is 0 Å². The maximum Gasteiger partial charge on any atom is 0.0564 e. The van der Waals surface area contributed by atoms with Crippen molar-refractivity contribution in [2.45, 2.75) is 66.3 Å². The monoisotopic (exact) mass is 398 g/mol. The summed E-state index contributed by atoms with van der Waals surface area (Å²) in [7, 11) is 0. The van der Waals surface area contributed by atoms with Crippen LogP contribution in [0, 0.1) is 0 Å². The molecule has 0 N–H and O–H groups in total. The van der Waals surface area contributed by atoms with E-state index in [2.05, 4.69) is 72.4 Å². The molecule has 1 atom stereocenters. The van der Waals surface area contributed by atoms with Crippen molar-refractivity contribution < 1.29 is 0 Å². The van der Waals surface area contributed by atoms with E-state index in [0.717, 1.165) is 6.54 Å². The molecule has 144 valence electrons. The SMILES string of the molecule is CSc1ccc2c(c1)N(CCC1CCCCN1C(C)C)c1ccccc1S2. The molecular weight excluding hydrogens is 368 g/mol. The van der Waals surface area contributed by atoms with Crippen molar-refractivity contribution in [1.29, 1.82) is 0 Å². The van der Waals surface area contributed by atoms with Gasteiger partial charge in [0.2, 0.25) is 0 Å². The number of benzene rings is 2. The number of rotatable bonds is 5. The first-order chi connectivity index (χ1) is 13.2. The lowest BCUT2D eigenvalue weighted by Crippen LogP contribution is -2.45. The molecular formula is C23H30N2S2. The number of thioether (sulfide) groups is 1. The van der Waals surface area contributed by atoms with E-state index in [1.807, 2.05) is 23.5 Å². The summed E-state index contributed by atoms with van der Waals surface area (Å²) in [6.07, 6.45) is 7.49. The highest BCUT2D eigenvalue weighted by Gasteiger charge is 2.28. The third kappa shape index (κ3) is 4.03. The molecule has 2 nitrogen and oxygen atoms in total. The van der Waals surface area contributed by atoms with Gasteiger partial charge in [-0.3, -0.25) is 4.90 Å². The second-order valence-electron chi connectivity index (χ2n) is 7.82. The number of hydrogen-bond acceptors (Lipinski definition) is 4. The predicted molar refractivity (Wildman–Crippen MR) is 120 cm³/mol. The Bertz CT molecular complexity index is 790. The normalized spacial score (nSPS) is 19.9. The number of hydrogen-bond donors (Lipinski definition) is 0. The third-order valence-electron chi connectivity index (χ3n) is 5.85. The fraction of sp³-hybridized carbons (Fsp3) is 0.478. The average molecular weight is 399 g/mol. The minimum atomic E-state index is 0.648. The molecule has 0 amide bonds. The maximum atomic E-state index is 2.73. The Hall–Kier alpha value is -1.10. The maximum absolute atomic E-state index is 2.73. The quantitative estimate of drug-likeness (QED) is 0.519. The molecule has 1 unspecified atom stereocenters. The summed E-state index contributed by atoms with van der Waals surface area (Å²) in [5.74, 6) is 0. The molecule has 0 bridgehead atoms. The van der Waals surface area contributed by atoms with Crippen molar-refractivity contribution >= 4 is 34.9 Å². The smallest absolute Gasteiger partial charge is 0.0564 e. The van der Waals surface area contributed by atoms with Gasteiger partial charge in [0, 0.05) is 33.3 Å². The number of para-hydroxylation sites is 1. The third-order valence-corrected chi connectivity index (χ3v) is 7.71. The van der Waals surface area contributed by atoms with Crippen LogP contribution in [-0.4, -0.2) is 36.3 Å².